The number of aromatic nitrogens is 1. The molecule has 0 spiro atoms. The highest BCUT2D eigenvalue weighted by molar-refractivity contribution is 5.78. The van der Waals surface area contributed by atoms with Crippen LogP contribution in [0, 0.1) is 5.82 Å². The lowest BCUT2D eigenvalue weighted by molar-refractivity contribution is -0.136. The van der Waals surface area contributed by atoms with E-state index in [-0.39, 0.29) is 24.4 Å². The molecule has 1 saturated heterocycles. The van der Waals surface area contributed by atoms with Gasteiger partial charge in [-0.2, -0.15) is 0 Å². The second kappa shape index (κ2) is 7.53. The summed E-state index contributed by atoms with van der Waals surface area (Å²) < 4.78 is 18.8. The summed E-state index contributed by atoms with van der Waals surface area (Å²) in [5.74, 6) is -0.233. The van der Waals surface area contributed by atoms with Gasteiger partial charge in [0.2, 0.25) is 5.91 Å². The number of halogens is 1. The molecule has 1 aromatic heterocycles. The van der Waals surface area contributed by atoms with E-state index in [1.165, 1.54) is 13.2 Å². The summed E-state index contributed by atoms with van der Waals surface area (Å²) in [5.41, 5.74) is 2.30. The zero-order valence-electron chi connectivity index (χ0n) is 13.7. The number of hydrogen-bond acceptors (Lipinski definition) is 3. The zero-order valence-corrected chi connectivity index (χ0v) is 13.7. The number of methoxy groups -OCH3 is 1. The van der Waals surface area contributed by atoms with Crippen molar-refractivity contribution >= 4 is 5.91 Å². The summed E-state index contributed by atoms with van der Waals surface area (Å²) in [6, 6.07) is 12.5. The van der Waals surface area contributed by atoms with Crippen LogP contribution in [0.1, 0.15) is 35.8 Å². The first-order chi connectivity index (χ1) is 11.7. The number of hydrogen-bond donors (Lipinski definition) is 0. The van der Waals surface area contributed by atoms with Crippen molar-refractivity contribution in [2.45, 2.75) is 25.3 Å². The third-order valence-electron chi connectivity index (χ3n) is 4.34. The van der Waals surface area contributed by atoms with Gasteiger partial charge in [-0.25, -0.2) is 4.39 Å². The predicted octanol–water partition coefficient (Wildman–Crippen LogP) is 3.12. The van der Waals surface area contributed by atoms with Crippen LogP contribution in [-0.2, 0) is 16.0 Å². The average Bonchev–Trinajstić information content (AvgIpc) is 3.07. The SMILES string of the molecule is COCC(=O)N1CCC[C@H]1c1cccc(Cc2ccccc2F)n1. The van der Waals surface area contributed by atoms with Gasteiger partial charge in [-0.3, -0.25) is 9.78 Å². The van der Waals surface area contributed by atoms with Gasteiger partial charge >= 0.3 is 0 Å². The van der Waals surface area contributed by atoms with E-state index < -0.39 is 0 Å². The van der Waals surface area contributed by atoms with Crippen molar-refractivity contribution < 1.29 is 13.9 Å². The van der Waals surface area contributed by atoms with Crippen molar-refractivity contribution in [2.24, 2.45) is 0 Å². The number of amides is 1. The molecule has 1 aliphatic rings. The fourth-order valence-electron chi connectivity index (χ4n) is 3.20. The van der Waals surface area contributed by atoms with Crippen molar-refractivity contribution in [3.05, 3.63) is 65.2 Å². The van der Waals surface area contributed by atoms with Gasteiger partial charge in [-0.15, -0.1) is 0 Å². The topological polar surface area (TPSA) is 42.4 Å². The minimum atomic E-state index is -0.220. The predicted molar refractivity (Wildman–Crippen MR) is 89.0 cm³/mol. The highest BCUT2D eigenvalue weighted by atomic mass is 19.1. The van der Waals surface area contributed by atoms with E-state index in [1.54, 1.807) is 12.1 Å². The minimum absolute atomic E-state index is 0.0127. The van der Waals surface area contributed by atoms with E-state index in [9.17, 15) is 9.18 Å². The van der Waals surface area contributed by atoms with Crippen LogP contribution < -0.4 is 0 Å². The molecule has 0 aliphatic carbocycles. The molecule has 0 unspecified atom stereocenters. The Balaban J connectivity index is 1.80. The number of nitrogens with zero attached hydrogens (tertiary/aromatic N) is 2. The molecule has 0 radical (unpaired) electrons. The Morgan fingerprint density at radius 1 is 1.29 bits per heavy atom. The largest absolute Gasteiger partial charge is 0.375 e. The maximum Gasteiger partial charge on any atom is 0.249 e. The molecule has 0 bridgehead atoms. The van der Waals surface area contributed by atoms with Crippen LogP contribution in [0.4, 0.5) is 4.39 Å². The summed E-state index contributed by atoms with van der Waals surface area (Å²) >= 11 is 0. The normalized spacial score (nSPS) is 17.2. The maximum absolute atomic E-state index is 13.8. The van der Waals surface area contributed by atoms with Gasteiger partial charge in [0.25, 0.3) is 0 Å². The summed E-state index contributed by atoms with van der Waals surface area (Å²) in [7, 11) is 1.52. The van der Waals surface area contributed by atoms with Crippen molar-refractivity contribution in [2.75, 3.05) is 20.3 Å². The fourth-order valence-corrected chi connectivity index (χ4v) is 3.20. The van der Waals surface area contributed by atoms with Crippen LogP contribution in [-0.4, -0.2) is 36.1 Å². The minimum Gasteiger partial charge on any atom is -0.375 e. The number of carbonyl (C=O) groups is 1. The molecule has 5 heteroatoms. The van der Waals surface area contributed by atoms with Crippen LogP contribution in [0.15, 0.2) is 42.5 Å². The summed E-state index contributed by atoms with van der Waals surface area (Å²) in [5, 5.41) is 0. The fraction of sp³-hybridized carbons (Fsp3) is 0.368. The van der Waals surface area contributed by atoms with Crippen LogP contribution in [0.3, 0.4) is 0 Å². The Kier molecular flexibility index (Phi) is 5.20. The Morgan fingerprint density at radius 2 is 2.12 bits per heavy atom. The van der Waals surface area contributed by atoms with Gasteiger partial charge in [-0.05, 0) is 36.6 Å². The van der Waals surface area contributed by atoms with Crippen molar-refractivity contribution in [1.29, 1.82) is 0 Å². The smallest absolute Gasteiger partial charge is 0.249 e. The molecular weight excluding hydrogens is 307 g/mol. The van der Waals surface area contributed by atoms with Crippen LogP contribution >= 0.6 is 0 Å². The number of ether oxygens (including phenoxy) is 1. The lowest BCUT2D eigenvalue weighted by Crippen LogP contribution is -2.33. The molecule has 126 valence electrons. The number of rotatable bonds is 5. The monoisotopic (exact) mass is 328 g/mol. The molecular formula is C19H21FN2O2. The van der Waals surface area contributed by atoms with Gasteiger partial charge in [0.15, 0.2) is 0 Å². The third-order valence-corrected chi connectivity index (χ3v) is 4.34. The van der Waals surface area contributed by atoms with E-state index in [0.717, 1.165) is 30.8 Å². The second-order valence-electron chi connectivity index (χ2n) is 6.00. The van der Waals surface area contributed by atoms with Crippen molar-refractivity contribution in [1.82, 2.24) is 9.88 Å². The van der Waals surface area contributed by atoms with Gasteiger partial charge in [-0.1, -0.05) is 24.3 Å². The molecule has 1 fully saturated rings. The van der Waals surface area contributed by atoms with Crippen molar-refractivity contribution in [3.63, 3.8) is 0 Å². The number of benzene rings is 1. The van der Waals surface area contributed by atoms with E-state index in [4.69, 9.17) is 4.74 Å². The summed E-state index contributed by atoms with van der Waals surface area (Å²) in [6.07, 6.45) is 2.30. The quantitative estimate of drug-likeness (QED) is 0.847. The summed E-state index contributed by atoms with van der Waals surface area (Å²) in [4.78, 5) is 18.7. The van der Waals surface area contributed by atoms with E-state index >= 15 is 0 Å². The molecule has 0 saturated carbocycles. The molecule has 1 amide bonds. The molecule has 2 heterocycles. The molecule has 4 nitrogen and oxygen atoms in total. The lowest BCUT2D eigenvalue weighted by Gasteiger charge is -2.24. The number of pyridine rings is 1. The second-order valence-corrected chi connectivity index (χ2v) is 6.00. The number of carbonyl (C=O) groups excluding carboxylic acids is 1. The third kappa shape index (κ3) is 3.62. The zero-order chi connectivity index (χ0) is 16.9. The molecule has 1 aliphatic heterocycles. The molecule has 3 rings (SSSR count). The van der Waals surface area contributed by atoms with Crippen molar-refractivity contribution in [3.8, 4) is 0 Å². The Labute approximate surface area is 141 Å². The van der Waals surface area contributed by atoms with Gasteiger partial charge in [0.05, 0.1) is 11.7 Å². The van der Waals surface area contributed by atoms with E-state index in [1.807, 2.05) is 29.2 Å². The van der Waals surface area contributed by atoms with Crippen LogP contribution in [0.5, 0.6) is 0 Å². The highest BCUT2D eigenvalue weighted by Crippen LogP contribution is 2.31. The molecule has 1 aromatic carbocycles. The molecule has 1 atom stereocenters. The standard InChI is InChI=1S/C19H21FN2O2/c1-24-13-19(23)22-11-5-10-18(22)17-9-4-7-15(21-17)12-14-6-2-3-8-16(14)20/h2-4,6-9,18H,5,10-13H2,1H3/t18-/m0/s1. The molecule has 2 aromatic rings. The Hall–Kier alpha value is -2.27. The van der Waals surface area contributed by atoms with Gasteiger partial charge in [0.1, 0.15) is 12.4 Å². The highest BCUT2D eigenvalue weighted by Gasteiger charge is 2.30. The number of likely N-dealkylation sites (tertiary alicyclic amines) is 1. The Morgan fingerprint density at radius 3 is 2.92 bits per heavy atom. The Bertz CT molecular complexity index is 720. The molecule has 0 N–H and O–H groups in total. The van der Waals surface area contributed by atoms with E-state index in [2.05, 4.69) is 4.98 Å². The van der Waals surface area contributed by atoms with Gasteiger partial charge < -0.3 is 9.64 Å². The van der Waals surface area contributed by atoms with Crippen LogP contribution in [0.25, 0.3) is 0 Å². The molecule has 24 heavy (non-hydrogen) atoms. The first kappa shape index (κ1) is 16.6. The lowest BCUT2D eigenvalue weighted by atomic mass is 10.1. The van der Waals surface area contributed by atoms with E-state index in [0.29, 0.717) is 12.0 Å². The van der Waals surface area contributed by atoms with Crippen LogP contribution in [0.2, 0.25) is 0 Å². The first-order valence-corrected chi connectivity index (χ1v) is 8.16. The van der Waals surface area contributed by atoms with Gasteiger partial charge in [0, 0.05) is 25.8 Å². The average molecular weight is 328 g/mol. The first-order valence-electron chi connectivity index (χ1n) is 8.16. The summed E-state index contributed by atoms with van der Waals surface area (Å²) in [6.45, 7) is 0.817. The maximum atomic E-state index is 13.8.